The van der Waals surface area contributed by atoms with Crippen LogP contribution in [0.2, 0.25) is 18.1 Å². The zero-order valence-corrected chi connectivity index (χ0v) is 16.7. The van der Waals surface area contributed by atoms with Gasteiger partial charge >= 0.3 is 0 Å². The van der Waals surface area contributed by atoms with E-state index in [0.29, 0.717) is 6.61 Å². The molecule has 0 aromatic carbocycles. The third kappa shape index (κ3) is 4.57. The van der Waals surface area contributed by atoms with Crippen LogP contribution in [-0.4, -0.2) is 52.1 Å². The summed E-state index contributed by atoms with van der Waals surface area (Å²) >= 11 is 0. The number of rotatable bonds is 8. The summed E-state index contributed by atoms with van der Waals surface area (Å²) in [6.07, 6.45) is 5.69. The second-order valence-electron chi connectivity index (χ2n) is 8.90. The Labute approximate surface area is 143 Å². The zero-order chi connectivity index (χ0) is 17.1. The predicted octanol–water partition coefficient (Wildman–Crippen LogP) is 3.74. The monoisotopic (exact) mass is 344 g/mol. The SMILES string of the molecule is CC(C)(C)[Si](C)(C)OCCCOC[C@@H]1C[C@]2(CO)CCC[C@@H]2O1. The van der Waals surface area contributed by atoms with Crippen molar-refractivity contribution in [2.75, 3.05) is 26.4 Å². The van der Waals surface area contributed by atoms with Gasteiger partial charge in [0.05, 0.1) is 25.4 Å². The molecule has 1 saturated heterocycles. The smallest absolute Gasteiger partial charge is 0.191 e. The van der Waals surface area contributed by atoms with Gasteiger partial charge in [0.1, 0.15) is 0 Å². The van der Waals surface area contributed by atoms with Crippen molar-refractivity contribution in [3.05, 3.63) is 0 Å². The van der Waals surface area contributed by atoms with Gasteiger partial charge < -0.3 is 19.0 Å². The Bertz CT molecular complexity index is 380. The highest BCUT2D eigenvalue weighted by Crippen LogP contribution is 2.49. The number of fused-ring (bicyclic) bond motifs is 1. The molecule has 5 heteroatoms. The first-order valence-corrected chi connectivity index (χ1v) is 12.1. The minimum Gasteiger partial charge on any atom is -0.417 e. The first kappa shape index (κ1) is 19.4. The number of ether oxygens (including phenoxy) is 2. The third-order valence-corrected chi connectivity index (χ3v) is 10.7. The van der Waals surface area contributed by atoms with Gasteiger partial charge in [-0.15, -0.1) is 0 Å². The van der Waals surface area contributed by atoms with Crippen LogP contribution >= 0.6 is 0 Å². The number of aliphatic hydroxyl groups excluding tert-OH is 1. The van der Waals surface area contributed by atoms with Gasteiger partial charge in [0.2, 0.25) is 0 Å². The van der Waals surface area contributed by atoms with Gasteiger partial charge in [0, 0.05) is 18.6 Å². The van der Waals surface area contributed by atoms with Crippen LogP contribution in [-0.2, 0) is 13.9 Å². The van der Waals surface area contributed by atoms with Gasteiger partial charge in [-0.25, -0.2) is 0 Å². The van der Waals surface area contributed by atoms with Crippen molar-refractivity contribution in [3.8, 4) is 0 Å². The minimum absolute atomic E-state index is 0.0273. The third-order valence-electron chi connectivity index (χ3n) is 6.14. The predicted molar refractivity (Wildman–Crippen MR) is 95.2 cm³/mol. The molecule has 1 saturated carbocycles. The molecule has 23 heavy (non-hydrogen) atoms. The highest BCUT2D eigenvalue weighted by Gasteiger charge is 2.50. The molecule has 1 N–H and O–H groups in total. The summed E-state index contributed by atoms with van der Waals surface area (Å²) < 4.78 is 18.0. The lowest BCUT2D eigenvalue weighted by molar-refractivity contribution is -0.0281. The molecule has 0 aromatic heterocycles. The summed E-state index contributed by atoms with van der Waals surface area (Å²) in [5, 5.41) is 9.96. The van der Waals surface area contributed by atoms with Gasteiger partial charge in [-0.3, -0.25) is 0 Å². The Morgan fingerprint density at radius 2 is 2.00 bits per heavy atom. The quantitative estimate of drug-likeness (QED) is 0.538. The standard InChI is InChI=1S/C18H36O4Si/c1-17(2,3)23(4,5)21-11-7-10-20-13-15-12-18(14-19)9-6-8-16(18)22-15/h15-16,19H,6-14H2,1-5H3/t15-,16-,18-/m0/s1. The Kier molecular flexibility index (Phi) is 6.34. The molecule has 2 rings (SSSR count). The van der Waals surface area contributed by atoms with E-state index in [1.165, 1.54) is 6.42 Å². The van der Waals surface area contributed by atoms with Crippen LogP contribution in [0.5, 0.6) is 0 Å². The number of aliphatic hydroxyl groups is 1. The molecule has 0 bridgehead atoms. The molecule has 0 amide bonds. The molecule has 0 radical (unpaired) electrons. The fraction of sp³-hybridized carbons (Fsp3) is 1.00. The second kappa shape index (κ2) is 7.52. The second-order valence-corrected chi connectivity index (χ2v) is 13.7. The summed E-state index contributed by atoms with van der Waals surface area (Å²) in [5.74, 6) is 0. The van der Waals surface area contributed by atoms with E-state index in [4.69, 9.17) is 13.9 Å². The molecule has 0 unspecified atom stereocenters. The summed E-state index contributed by atoms with van der Waals surface area (Å²) in [7, 11) is -1.63. The lowest BCUT2D eigenvalue weighted by Crippen LogP contribution is -2.41. The van der Waals surface area contributed by atoms with E-state index in [1.807, 2.05) is 0 Å². The van der Waals surface area contributed by atoms with E-state index in [2.05, 4.69) is 33.9 Å². The van der Waals surface area contributed by atoms with Gasteiger partial charge in [0.25, 0.3) is 0 Å². The average Bonchev–Trinajstić information content (AvgIpc) is 2.98. The fourth-order valence-electron chi connectivity index (χ4n) is 3.55. The molecule has 3 atom stereocenters. The summed E-state index contributed by atoms with van der Waals surface area (Å²) in [6, 6.07) is 0. The maximum atomic E-state index is 9.69. The molecule has 2 fully saturated rings. The van der Waals surface area contributed by atoms with Crippen LogP contribution in [0, 0.1) is 5.41 Å². The lowest BCUT2D eigenvalue weighted by Gasteiger charge is -2.36. The number of hydrogen-bond donors (Lipinski definition) is 1. The van der Waals surface area contributed by atoms with E-state index >= 15 is 0 Å². The van der Waals surface area contributed by atoms with E-state index in [0.717, 1.165) is 38.9 Å². The van der Waals surface area contributed by atoms with Crippen LogP contribution in [0.25, 0.3) is 0 Å². The van der Waals surface area contributed by atoms with E-state index in [9.17, 15) is 5.11 Å². The first-order valence-electron chi connectivity index (χ1n) is 9.18. The van der Waals surface area contributed by atoms with E-state index in [1.54, 1.807) is 0 Å². The fourth-order valence-corrected chi connectivity index (χ4v) is 4.64. The maximum absolute atomic E-state index is 9.69. The molecule has 1 heterocycles. The normalized spacial score (nSPS) is 31.6. The molecule has 0 spiro atoms. The van der Waals surface area contributed by atoms with Crippen molar-refractivity contribution in [2.24, 2.45) is 5.41 Å². The van der Waals surface area contributed by atoms with Crippen LogP contribution in [0.3, 0.4) is 0 Å². The molecule has 1 aliphatic heterocycles. The topological polar surface area (TPSA) is 47.9 Å². The van der Waals surface area contributed by atoms with Gasteiger partial charge in [-0.1, -0.05) is 27.2 Å². The Morgan fingerprint density at radius 1 is 1.26 bits per heavy atom. The molecular formula is C18H36O4Si. The van der Waals surface area contributed by atoms with E-state index in [-0.39, 0.29) is 29.3 Å². The minimum atomic E-state index is -1.63. The molecule has 2 aliphatic rings. The average molecular weight is 345 g/mol. The molecule has 1 aliphatic carbocycles. The largest absolute Gasteiger partial charge is 0.417 e. The number of hydrogen-bond acceptors (Lipinski definition) is 4. The van der Waals surface area contributed by atoms with Gasteiger partial charge in [0.15, 0.2) is 8.32 Å². The first-order chi connectivity index (χ1) is 10.7. The van der Waals surface area contributed by atoms with Crippen molar-refractivity contribution < 1.29 is 19.0 Å². The van der Waals surface area contributed by atoms with Gasteiger partial charge in [-0.2, -0.15) is 0 Å². The van der Waals surface area contributed by atoms with Crippen LogP contribution in [0.1, 0.15) is 52.9 Å². The van der Waals surface area contributed by atoms with Crippen LogP contribution < -0.4 is 0 Å². The van der Waals surface area contributed by atoms with E-state index < -0.39 is 8.32 Å². The lowest BCUT2D eigenvalue weighted by atomic mass is 9.82. The molecule has 0 aromatic rings. The molecular weight excluding hydrogens is 308 g/mol. The van der Waals surface area contributed by atoms with Crippen molar-refractivity contribution in [1.29, 1.82) is 0 Å². The maximum Gasteiger partial charge on any atom is 0.191 e. The van der Waals surface area contributed by atoms with Crippen molar-refractivity contribution in [2.45, 2.75) is 83.2 Å². The van der Waals surface area contributed by atoms with Crippen molar-refractivity contribution >= 4 is 8.32 Å². The molecule has 136 valence electrons. The summed E-state index contributed by atoms with van der Waals surface area (Å²) in [4.78, 5) is 0. The van der Waals surface area contributed by atoms with Gasteiger partial charge in [-0.05, 0) is 43.8 Å². The highest BCUT2D eigenvalue weighted by atomic mass is 28.4. The van der Waals surface area contributed by atoms with Crippen LogP contribution in [0.15, 0.2) is 0 Å². The highest BCUT2D eigenvalue weighted by molar-refractivity contribution is 6.74. The van der Waals surface area contributed by atoms with Crippen LogP contribution in [0.4, 0.5) is 0 Å². The summed E-state index contributed by atoms with van der Waals surface area (Å²) in [5.41, 5.74) is 0.0273. The Morgan fingerprint density at radius 3 is 2.61 bits per heavy atom. The van der Waals surface area contributed by atoms with Crippen molar-refractivity contribution in [3.63, 3.8) is 0 Å². The zero-order valence-electron chi connectivity index (χ0n) is 15.7. The molecule has 4 nitrogen and oxygen atoms in total. The Hall–Kier alpha value is 0.0569. The summed E-state index contributed by atoms with van der Waals surface area (Å²) in [6.45, 7) is 13.8. The Balaban J connectivity index is 1.59. The van der Waals surface area contributed by atoms with Crippen molar-refractivity contribution in [1.82, 2.24) is 0 Å².